The van der Waals surface area contributed by atoms with Gasteiger partial charge in [-0.05, 0) is 24.1 Å². The van der Waals surface area contributed by atoms with Gasteiger partial charge in [0.1, 0.15) is 0 Å². The molecule has 1 aliphatic carbocycles. The Balaban J connectivity index is 1.76. The number of fused-ring (bicyclic) bond motifs is 1. The molecule has 1 aromatic carbocycles. The third-order valence-corrected chi connectivity index (χ3v) is 3.17. The first-order chi connectivity index (χ1) is 8.38. The Labute approximate surface area is 100 Å². The number of rotatable bonds is 4. The van der Waals surface area contributed by atoms with Gasteiger partial charge in [0, 0.05) is 0 Å². The minimum Gasteiger partial charge on any atom is -0.339 e. The molecule has 0 bridgehead atoms. The molecule has 4 heteroatoms. The smallest absolute Gasteiger partial charge is 0.234 e. The first-order valence-corrected chi connectivity index (χ1v) is 5.99. The molecule has 1 N–H and O–H groups in total. The van der Waals surface area contributed by atoms with E-state index >= 15 is 0 Å². The second-order valence-corrected chi connectivity index (χ2v) is 4.28. The molecule has 17 heavy (non-hydrogen) atoms. The molecule has 1 aromatic heterocycles. The monoisotopic (exact) mass is 229 g/mol. The van der Waals surface area contributed by atoms with Crippen LogP contribution in [0, 0.1) is 0 Å². The van der Waals surface area contributed by atoms with Gasteiger partial charge in [-0.3, -0.25) is 0 Å². The van der Waals surface area contributed by atoms with Crippen LogP contribution in [0.4, 0.5) is 0 Å². The lowest BCUT2D eigenvalue weighted by molar-refractivity contribution is 0.351. The maximum Gasteiger partial charge on any atom is 0.234 e. The van der Waals surface area contributed by atoms with Crippen molar-refractivity contribution in [3.05, 3.63) is 47.1 Å². The molecule has 1 aliphatic rings. The molecule has 0 amide bonds. The van der Waals surface area contributed by atoms with Gasteiger partial charge >= 0.3 is 0 Å². The van der Waals surface area contributed by atoms with Crippen LogP contribution < -0.4 is 5.32 Å². The van der Waals surface area contributed by atoms with E-state index in [4.69, 9.17) is 4.52 Å². The summed E-state index contributed by atoms with van der Waals surface area (Å²) in [7, 11) is 0. The fourth-order valence-electron chi connectivity index (χ4n) is 2.20. The first-order valence-electron chi connectivity index (χ1n) is 5.99. The minimum atomic E-state index is 0.300. The molecule has 0 fully saturated rings. The van der Waals surface area contributed by atoms with Gasteiger partial charge in [-0.25, -0.2) is 0 Å². The molecule has 88 valence electrons. The van der Waals surface area contributed by atoms with E-state index in [0.29, 0.717) is 12.5 Å². The van der Waals surface area contributed by atoms with Gasteiger partial charge in [0.05, 0.1) is 12.5 Å². The van der Waals surface area contributed by atoms with Crippen LogP contribution in [0.3, 0.4) is 0 Å². The molecule has 1 heterocycles. The molecular weight excluding hydrogens is 214 g/mol. The number of benzene rings is 1. The molecule has 0 saturated carbocycles. The maximum atomic E-state index is 5.32. The summed E-state index contributed by atoms with van der Waals surface area (Å²) in [5.41, 5.74) is 2.72. The predicted molar refractivity (Wildman–Crippen MR) is 63.7 cm³/mol. The first kappa shape index (κ1) is 10.5. The highest BCUT2D eigenvalue weighted by Crippen LogP contribution is 2.38. The van der Waals surface area contributed by atoms with E-state index in [9.17, 15) is 0 Å². The summed E-state index contributed by atoms with van der Waals surface area (Å²) in [6.07, 6.45) is 1.01. The molecule has 0 aliphatic heterocycles. The van der Waals surface area contributed by atoms with Crippen molar-refractivity contribution in [3.63, 3.8) is 0 Å². The molecule has 1 atom stereocenters. The van der Waals surface area contributed by atoms with Crippen molar-refractivity contribution < 1.29 is 4.52 Å². The number of nitrogens with zero attached hydrogens (tertiary/aromatic N) is 2. The third kappa shape index (κ3) is 1.85. The van der Waals surface area contributed by atoms with Crippen molar-refractivity contribution in [2.24, 2.45) is 0 Å². The Kier molecular flexibility index (Phi) is 2.65. The van der Waals surface area contributed by atoms with Crippen molar-refractivity contribution in [1.29, 1.82) is 0 Å². The zero-order valence-corrected chi connectivity index (χ0v) is 9.81. The van der Waals surface area contributed by atoms with Crippen LogP contribution in [0.25, 0.3) is 0 Å². The highest BCUT2D eigenvalue weighted by atomic mass is 16.5. The van der Waals surface area contributed by atoms with Crippen molar-refractivity contribution >= 4 is 0 Å². The van der Waals surface area contributed by atoms with E-state index in [1.165, 1.54) is 11.1 Å². The van der Waals surface area contributed by atoms with Gasteiger partial charge in [0.2, 0.25) is 5.89 Å². The normalized spacial score (nSPS) is 17.6. The largest absolute Gasteiger partial charge is 0.339 e. The Bertz CT molecular complexity index is 521. The standard InChI is InChI=1S/C13H15N3O/c1-2-14-8-12-15-13(17-16-12)11-7-9-5-3-4-6-10(9)11/h3-6,11,14H,2,7-8H2,1H3. The summed E-state index contributed by atoms with van der Waals surface area (Å²) in [4.78, 5) is 4.43. The van der Waals surface area contributed by atoms with Crippen molar-refractivity contribution in [2.75, 3.05) is 6.54 Å². The molecule has 1 unspecified atom stereocenters. The number of aromatic nitrogens is 2. The van der Waals surface area contributed by atoms with Gasteiger partial charge in [-0.1, -0.05) is 36.3 Å². The Morgan fingerprint density at radius 2 is 2.29 bits per heavy atom. The van der Waals surface area contributed by atoms with E-state index in [1.807, 2.05) is 0 Å². The maximum absolute atomic E-state index is 5.32. The zero-order valence-electron chi connectivity index (χ0n) is 9.81. The molecule has 4 nitrogen and oxygen atoms in total. The van der Waals surface area contributed by atoms with Crippen LogP contribution in [0.2, 0.25) is 0 Å². The molecular formula is C13H15N3O. The van der Waals surface area contributed by atoms with E-state index in [-0.39, 0.29) is 0 Å². The van der Waals surface area contributed by atoms with Gasteiger partial charge < -0.3 is 9.84 Å². The molecule has 0 radical (unpaired) electrons. The molecule has 0 saturated heterocycles. The lowest BCUT2D eigenvalue weighted by Crippen LogP contribution is -2.18. The lowest BCUT2D eigenvalue weighted by atomic mass is 9.77. The summed E-state index contributed by atoms with van der Waals surface area (Å²) in [6, 6.07) is 8.42. The second kappa shape index (κ2) is 4.30. The SMILES string of the molecule is CCNCc1noc(C2Cc3ccccc32)n1. The summed E-state index contributed by atoms with van der Waals surface area (Å²) < 4.78 is 5.32. The zero-order chi connectivity index (χ0) is 11.7. The van der Waals surface area contributed by atoms with Gasteiger partial charge in [-0.2, -0.15) is 4.98 Å². The van der Waals surface area contributed by atoms with Crippen LogP contribution in [-0.4, -0.2) is 16.7 Å². The highest BCUT2D eigenvalue weighted by Gasteiger charge is 2.31. The molecule has 0 spiro atoms. The number of nitrogens with one attached hydrogen (secondary N) is 1. The van der Waals surface area contributed by atoms with Crippen LogP contribution in [0.5, 0.6) is 0 Å². The summed E-state index contributed by atoms with van der Waals surface area (Å²) >= 11 is 0. The number of hydrogen-bond acceptors (Lipinski definition) is 4. The van der Waals surface area contributed by atoms with Gasteiger partial charge in [0.15, 0.2) is 5.82 Å². The summed E-state index contributed by atoms with van der Waals surface area (Å²) in [5.74, 6) is 1.79. The van der Waals surface area contributed by atoms with Gasteiger partial charge in [0.25, 0.3) is 0 Å². The summed E-state index contributed by atoms with van der Waals surface area (Å²) in [6.45, 7) is 3.65. The topological polar surface area (TPSA) is 51.0 Å². The van der Waals surface area contributed by atoms with Crippen molar-refractivity contribution in [2.45, 2.75) is 25.8 Å². The van der Waals surface area contributed by atoms with Crippen molar-refractivity contribution in [3.8, 4) is 0 Å². The van der Waals surface area contributed by atoms with E-state index in [1.54, 1.807) is 0 Å². The minimum absolute atomic E-state index is 0.300. The quantitative estimate of drug-likeness (QED) is 0.869. The van der Waals surface area contributed by atoms with E-state index < -0.39 is 0 Å². The highest BCUT2D eigenvalue weighted by molar-refractivity contribution is 5.43. The Morgan fingerprint density at radius 3 is 3.12 bits per heavy atom. The molecule has 3 rings (SSSR count). The fourth-order valence-corrected chi connectivity index (χ4v) is 2.20. The fraction of sp³-hybridized carbons (Fsp3) is 0.385. The lowest BCUT2D eigenvalue weighted by Gasteiger charge is -2.26. The van der Waals surface area contributed by atoms with E-state index in [2.05, 4.69) is 46.6 Å². The van der Waals surface area contributed by atoms with Crippen LogP contribution in [-0.2, 0) is 13.0 Å². The van der Waals surface area contributed by atoms with Crippen molar-refractivity contribution in [1.82, 2.24) is 15.5 Å². The second-order valence-electron chi connectivity index (χ2n) is 4.28. The third-order valence-electron chi connectivity index (χ3n) is 3.17. The Morgan fingerprint density at radius 1 is 1.41 bits per heavy atom. The van der Waals surface area contributed by atoms with Crippen LogP contribution in [0.1, 0.15) is 35.7 Å². The molecule has 2 aromatic rings. The van der Waals surface area contributed by atoms with Crippen LogP contribution >= 0.6 is 0 Å². The number of hydrogen-bond donors (Lipinski definition) is 1. The van der Waals surface area contributed by atoms with E-state index in [0.717, 1.165) is 24.7 Å². The average molecular weight is 229 g/mol. The van der Waals surface area contributed by atoms with Crippen LogP contribution in [0.15, 0.2) is 28.8 Å². The summed E-state index contributed by atoms with van der Waals surface area (Å²) in [5, 5.41) is 7.17. The predicted octanol–water partition coefficient (Wildman–Crippen LogP) is 1.87. The average Bonchev–Trinajstić information content (AvgIpc) is 2.76. The van der Waals surface area contributed by atoms with Gasteiger partial charge in [-0.15, -0.1) is 0 Å². The Hall–Kier alpha value is -1.68.